The third-order valence-corrected chi connectivity index (χ3v) is 4.46. The van der Waals surface area contributed by atoms with E-state index in [1.807, 2.05) is 11.4 Å². The average molecular weight is 336 g/mol. The highest BCUT2D eigenvalue weighted by Crippen LogP contribution is 2.32. The zero-order valence-electron chi connectivity index (χ0n) is 9.31. The Bertz CT molecular complexity index is 547. The number of hydrogen-bond donors (Lipinski definition) is 1. The van der Waals surface area contributed by atoms with Gasteiger partial charge in [0, 0.05) is 21.5 Å². The highest BCUT2D eigenvalue weighted by atomic mass is 79.9. The van der Waals surface area contributed by atoms with E-state index in [1.54, 1.807) is 6.92 Å². The first-order chi connectivity index (χ1) is 8.49. The second-order valence-electron chi connectivity index (χ2n) is 3.74. The largest absolute Gasteiger partial charge is 0.373 e. The molecule has 1 nitrogen and oxygen atoms in total. The molecule has 2 rings (SSSR count). The maximum atomic E-state index is 13.5. The molecule has 1 atom stereocenters. The van der Waals surface area contributed by atoms with E-state index in [0.717, 1.165) is 9.35 Å². The molecule has 0 aliphatic heterocycles. The van der Waals surface area contributed by atoms with E-state index in [2.05, 4.69) is 21.2 Å². The second-order valence-corrected chi connectivity index (χ2v) is 5.55. The number of hydrogen-bond acceptors (Lipinski definition) is 2. The fraction of sp³-hybridized carbons (Fsp3) is 0.167. The minimum absolute atomic E-state index is 0.283. The van der Waals surface area contributed by atoms with Crippen molar-refractivity contribution in [2.24, 2.45) is 0 Å². The van der Waals surface area contributed by atoms with Crippen LogP contribution in [-0.4, -0.2) is 0 Å². The Morgan fingerprint density at radius 3 is 2.33 bits per heavy atom. The minimum atomic E-state index is -0.938. The minimum Gasteiger partial charge on any atom is -0.373 e. The maximum Gasteiger partial charge on any atom is 0.152 e. The standard InChI is InChI=1S/C12H9BrF3NS/c1-6(12-8(13)2-3-18-12)17-11-9(15)4-7(14)5-10(11)16/h2-6,17H,1H3. The molecule has 6 heteroatoms. The van der Waals surface area contributed by atoms with Crippen molar-refractivity contribution in [1.29, 1.82) is 0 Å². The van der Waals surface area contributed by atoms with Gasteiger partial charge < -0.3 is 5.32 Å². The Morgan fingerprint density at radius 1 is 1.22 bits per heavy atom. The van der Waals surface area contributed by atoms with Crippen LogP contribution in [0.25, 0.3) is 0 Å². The van der Waals surface area contributed by atoms with Gasteiger partial charge in [0.05, 0.1) is 6.04 Å². The van der Waals surface area contributed by atoms with Crippen molar-refractivity contribution in [2.45, 2.75) is 13.0 Å². The number of rotatable bonds is 3. The van der Waals surface area contributed by atoms with Gasteiger partial charge in [-0.25, -0.2) is 13.2 Å². The molecule has 18 heavy (non-hydrogen) atoms. The van der Waals surface area contributed by atoms with Crippen molar-refractivity contribution in [3.05, 3.63) is 50.4 Å². The van der Waals surface area contributed by atoms with Gasteiger partial charge in [0.15, 0.2) is 11.6 Å². The lowest BCUT2D eigenvalue weighted by Crippen LogP contribution is -2.09. The fourth-order valence-corrected chi connectivity index (χ4v) is 3.30. The van der Waals surface area contributed by atoms with E-state index in [0.29, 0.717) is 12.1 Å². The third-order valence-electron chi connectivity index (χ3n) is 2.41. The van der Waals surface area contributed by atoms with Gasteiger partial charge in [0.1, 0.15) is 11.5 Å². The smallest absolute Gasteiger partial charge is 0.152 e. The highest BCUT2D eigenvalue weighted by Gasteiger charge is 2.16. The highest BCUT2D eigenvalue weighted by molar-refractivity contribution is 9.10. The fourth-order valence-electron chi connectivity index (χ4n) is 1.58. The van der Waals surface area contributed by atoms with Crippen LogP contribution in [0.4, 0.5) is 18.9 Å². The van der Waals surface area contributed by atoms with E-state index < -0.39 is 17.5 Å². The van der Waals surface area contributed by atoms with Crippen molar-refractivity contribution in [1.82, 2.24) is 0 Å². The molecule has 0 aliphatic carbocycles. The van der Waals surface area contributed by atoms with Gasteiger partial charge >= 0.3 is 0 Å². The van der Waals surface area contributed by atoms with Crippen molar-refractivity contribution in [3.8, 4) is 0 Å². The van der Waals surface area contributed by atoms with Crippen LogP contribution in [-0.2, 0) is 0 Å². The molecule has 0 spiro atoms. The SMILES string of the molecule is CC(Nc1c(F)cc(F)cc1F)c1sccc1Br. The first-order valence-electron chi connectivity index (χ1n) is 5.13. The van der Waals surface area contributed by atoms with Crippen LogP contribution < -0.4 is 5.32 Å². The third kappa shape index (κ3) is 2.70. The quantitative estimate of drug-likeness (QED) is 0.822. The molecule has 0 amide bonds. The number of anilines is 1. The van der Waals surface area contributed by atoms with Gasteiger partial charge in [0.2, 0.25) is 0 Å². The summed E-state index contributed by atoms with van der Waals surface area (Å²) in [6.07, 6.45) is 0. The van der Waals surface area contributed by atoms with E-state index in [4.69, 9.17) is 0 Å². The normalized spacial score (nSPS) is 12.5. The first-order valence-corrected chi connectivity index (χ1v) is 6.80. The van der Waals surface area contributed by atoms with Gasteiger partial charge in [-0.2, -0.15) is 0 Å². The molecular weight excluding hydrogens is 327 g/mol. The Balaban J connectivity index is 2.27. The summed E-state index contributed by atoms with van der Waals surface area (Å²) in [6, 6.07) is 2.88. The topological polar surface area (TPSA) is 12.0 Å². The molecule has 1 aromatic carbocycles. The molecule has 0 saturated carbocycles. The Morgan fingerprint density at radius 2 is 1.83 bits per heavy atom. The summed E-state index contributed by atoms with van der Waals surface area (Å²) < 4.78 is 40.6. The molecule has 0 radical (unpaired) electrons. The second kappa shape index (κ2) is 5.32. The van der Waals surface area contributed by atoms with Gasteiger partial charge in [0.25, 0.3) is 0 Å². The monoisotopic (exact) mass is 335 g/mol. The van der Waals surface area contributed by atoms with Gasteiger partial charge in [-0.05, 0) is 34.3 Å². The van der Waals surface area contributed by atoms with E-state index >= 15 is 0 Å². The molecule has 0 bridgehead atoms. The summed E-state index contributed by atoms with van der Waals surface area (Å²) in [5, 5.41) is 4.58. The van der Waals surface area contributed by atoms with Crippen LogP contribution in [0, 0.1) is 17.5 Å². The zero-order valence-corrected chi connectivity index (χ0v) is 11.7. The van der Waals surface area contributed by atoms with E-state index in [-0.39, 0.29) is 11.7 Å². The molecule has 1 unspecified atom stereocenters. The lowest BCUT2D eigenvalue weighted by Gasteiger charge is -2.15. The lowest BCUT2D eigenvalue weighted by atomic mass is 10.2. The summed E-state index contributed by atoms with van der Waals surface area (Å²) in [5.74, 6) is -2.81. The van der Waals surface area contributed by atoms with Crippen molar-refractivity contribution < 1.29 is 13.2 Å². The van der Waals surface area contributed by atoms with Gasteiger partial charge in [-0.1, -0.05) is 0 Å². The number of halogens is 4. The van der Waals surface area contributed by atoms with Gasteiger partial charge in [-0.15, -0.1) is 11.3 Å². The molecule has 1 aromatic heterocycles. The molecule has 0 aliphatic rings. The molecule has 96 valence electrons. The first kappa shape index (κ1) is 13.4. The summed E-state index contributed by atoms with van der Waals surface area (Å²) in [6.45, 7) is 1.78. The van der Waals surface area contributed by atoms with Crippen LogP contribution in [0.5, 0.6) is 0 Å². The summed E-state index contributed by atoms with van der Waals surface area (Å²) in [5.41, 5.74) is -0.316. The molecule has 0 fully saturated rings. The molecule has 1 N–H and O–H groups in total. The Labute approximate surface area is 115 Å². The van der Waals surface area contributed by atoms with Crippen LogP contribution in [0.1, 0.15) is 17.8 Å². The van der Waals surface area contributed by atoms with Crippen molar-refractivity contribution >= 4 is 33.0 Å². The predicted molar refractivity (Wildman–Crippen MR) is 70.4 cm³/mol. The Kier molecular flexibility index (Phi) is 3.97. The van der Waals surface area contributed by atoms with E-state index in [9.17, 15) is 13.2 Å². The van der Waals surface area contributed by atoms with E-state index in [1.165, 1.54) is 11.3 Å². The van der Waals surface area contributed by atoms with Crippen molar-refractivity contribution in [3.63, 3.8) is 0 Å². The molecule has 1 heterocycles. The maximum absolute atomic E-state index is 13.5. The number of nitrogens with one attached hydrogen (secondary N) is 1. The zero-order chi connectivity index (χ0) is 13.3. The lowest BCUT2D eigenvalue weighted by molar-refractivity contribution is 0.545. The Hall–Kier alpha value is -1.01. The average Bonchev–Trinajstić information content (AvgIpc) is 2.69. The number of thiophene rings is 1. The molecule has 2 aromatic rings. The summed E-state index contributed by atoms with van der Waals surface area (Å²) >= 11 is 4.82. The molecular formula is C12H9BrF3NS. The van der Waals surface area contributed by atoms with Gasteiger partial charge in [-0.3, -0.25) is 0 Å². The van der Waals surface area contributed by atoms with Crippen molar-refractivity contribution in [2.75, 3.05) is 5.32 Å². The number of benzene rings is 1. The van der Waals surface area contributed by atoms with Crippen LogP contribution in [0.2, 0.25) is 0 Å². The molecule has 0 saturated heterocycles. The summed E-state index contributed by atoms with van der Waals surface area (Å²) in [4.78, 5) is 0.915. The van der Waals surface area contributed by atoms with Crippen LogP contribution in [0.3, 0.4) is 0 Å². The summed E-state index contributed by atoms with van der Waals surface area (Å²) in [7, 11) is 0. The van der Waals surface area contributed by atoms with Crippen LogP contribution >= 0.6 is 27.3 Å². The van der Waals surface area contributed by atoms with Crippen LogP contribution in [0.15, 0.2) is 28.1 Å². The predicted octanol–water partition coefficient (Wildman–Crippen LogP) is 5.10.